The highest BCUT2D eigenvalue weighted by Crippen LogP contribution is 2.00. The summed E-state index contributed by atoms with van der Waals surface area (Å²) in [5.41, 5.74) is 0. The molecule has 0 rings (SSSR count). The molecule has 4 N–H and O–H groups in total. The number of carboxylic acid groups (broad SMARTS) is 1. The van der Waals surface area contributed by atoms with E-state index in [2.05, 4.69) is 5.32 Å². The van der Waals surface area contributed by atoms with Gasteiger partial charge in [0.05, 0.1) is 0 Å². The lowest BCUT2D eigenvalue weighted by Crippen LogP contribution is -2.25. The molecule has 16 heavy (non-hydrogen) atoms. The number of rotatable bonds is 9. The summed E-state index contributed by atoms with van der Waals surface area (Å²) in [6.45, 7) is 0.522. The number of carbonyl (C=O) groups excluding carboxylic acids is 2. The first-order chi connectivity index (χ1) is 7.57. The van der Waals surface area contributed by atoms with Gasteiger partial charge in [-0.05, 0) is 12.8 Å². The minimum atomic E-state index is -1.41. The van der Waals surface area contributed by atoms with Crippen LogP contribution in [0, 0.1) is 0 Å². The molecule has 0 fully saturated rings. The highest BCUT2D eigenvalue weighted by Gasteiger charge is 2.10. The van der Waals surface area contributed by atoms with E-state index >= 15 is 0 Å². The molecule has 0 aromatic carbocycles. The Morgan fingerprint density at radius 3 is 2.38 bits per heavy atom. The van der Waals surface area contributed by atoms with Gasteiger partial charge in [0.15, 0.2) is 0 Å². The van der Waals surface area contributed by atoms with Gasteiger partial charge in [-0.2, -0.15) is 0 Å². The number of hydrogen-bond acceptors (Lipinski definition) is 5. The van der Waals surface area contributed by atoms with E-state index in [1.54, 1.807) is 0 Å². The number of nitrogens with one attached hydrogen (secondary N) is 1. The van der Waals surface area contributed by atoms with Crippen molar-refractivity contribution in [2.75, 3.05) is 12.3 Å². The summed E-state index contributed by atoms with van der Waals surface area (Å²) in [5, 5.41) is 16.1. The first-order valence-electron chi connectivity index (χ1n) is 4.92. The third-order valence-corrected chi connectivity index (χ3v) is 2.28. The average Bonchev–Trinajstić information content (AvgIpc) is 2.24. The van der Waals surface area contributed by atoms with Gasteiger partial charge in [-0.15, -0.1) is 0 Å². The Hall–Kier alpha value is -1.08. The van der Waals surface area contributed by atoms with Crippen molar-refractivity contribution < 1.29 is 19.5 Å². The second-order valence-electron chi connectivity index (χ2n) is 3.16. The van der Waals surface area contributed by atoms with Gasteiger partial charge in [0.25, 0.3) is 0 Å². The Bertz CT molecular complexity index is 258. The van der Waals surface area contributed by atoms with Crippen LogP contribution in [0.4, 0.5) is 0 Å². The lowest BCUT2D eigenvalue weighted by atomic mass is 10.1. The summed E-state index contributed by atoms with van der Waals surface area (Å²) >= 11 is 1.15. The predicted molar refractivity (Wildman–Crippen MR) is 60.8 cm³/mol. The van der Waals surface area contributed by atoms with Crippen molar-refractivity contribution in [1.82, 2.24) is 5.32 Å². The van der Waals surface area contributed by atoms with Crippen molar-refractivity contribution in [3.8, 4) is 0 Å². The number of aliphatic carboxylic acids is 1. The van der Waals surface area contributed by atoms with Gasteiger partial charge in [-0.3, -0.25) is 14.7 Å². The second-order valence-corrected chi connectivity index (χ2v) is 3.90. The van der Waals surface area contributed by atoms with Crippen LogP contribution in [0.25, 0.3) is 0 Å². The van der Waals surface area contributed by atoms with Crippen molar-refractivity contribution in [2.45, 2.75) is 25.7 Å². The van der Waals surface area contributed by atoms with E-state index in [0.29, 0.717) is 31.6 Å². The van der Waals surface area contributed by atoms with Gasteiger partial charge in [0, 0.05) is 25.1 Å². The smallest absolute Gasteiger partial charge is 0.372 e. The normalized spacial score (nSPS) is 9.81. The van der Waals surface area contributed by atoms with E-state index in [9.17, 15) is 14.4 Å². The molecule has 0 saturated heterocycles. The third-order valence-electron chi connectivity index (χ3n) is 1.84. The van der Waals surface area contributed by atoms with Gasteiger partial charge < -0.3 is 10.4 Å². The predicted octanol–water partition coefficient (Wildman–Crippen LogP) is -0.0764. The maximum absolute atomic E-state index is 11.1. The number of ketones is 1. The molecule has 92 valence electrons. The summed E-state index contributed by atoms with van der Waals surface area (Å²) in [5.74, 6) is -1.66. The van der Waals surface area contributed by atoms with Crippen LogP contribution >= 0.6 is 11.9 Å². The van der Waals surface area contributed by atoms with Crippen molar-refractivity contribution in [3.63, 3.8) is 0 Å². The molecule has 0 aromatic rings. The molecule has 0 atom stereocenters. The van der Waals surface area contributed by atoms with Gasteiger partial charge in [0.2, 0.25) is 11.7 Å². The molecule has 0 saturated carbocycles. The minimum absolute atomic E-state index is 0.0126. The van der Waals surface area contributed by atoms with Crippen molar-refractivity contribution in [1.29, 1.82) is 0 Å². The number of carbonyl (C=O) groups is 3. The Morgan fingerprint density at radius 1 is 1.19 bits per heavy atom. The summed E-state index contributed by atoms with van der Waals surface area (Å²) in [7, 11) is 0. The van der Waals surface area contributed by atoms with Gasteiger partial charge in [-0.1, -0.05) is 11.9 Å². The lowest BCUT2D eigenvalue weighted by Gasteiger charge is -2.02. The van der Waals surface area contributed by atoms with Crippen LogP contribution < -0.4 is 10.5 Å². The molecule has 0 aromatic heterocycles. The quantitative estimate of drug-likeness (QED) is 0.299. The van der Waals surface area contributed by atoms with Crippen molar-refractivity contribution in [3.05, 3.63) is 0 Å². The fourth-order valence-corrected chi connectivity index (χ4v) is 1.24. The Labute approximate surface area is 98.1 Å². The number of unbranched alkanes of at least 4 members (excludes halogenated alkanes) is 1. The molecule has 1 amide bonds. The molecule has 0 aliphatic carbocycles. The maximum Gasteiger partial charge on any atom is 0.372 e. The largest absolute Gasteiger partial charge is 0.476 e. The number of carboxylic acids is 1. The van der Waals surface area contributed by atoms with Gasteiger partial charge in [-0.25, -0.2) is 4.79 Å². The Balaban J connectivity index is 3.41. The molecule has 6 nitrogen and oxygen atoms in total. The molecule has 0 unspecified atom stereocenters. The average molecular weight is 248 g/mol. The SMILES string of the molecule is NSCCNC(=O)CCCCC(=O)C(=O)O. The summed E-state index contributed by atoms with van der Waals surface area (Å²) in [6.07, 6.45) is 1.23. The third kappa shape index (κ3) is 8.25. The van der Waals surface area contributed by atoms with E-state index < -0.39 is 11.8 Å². The molecule has 0 heterocycles. The number of nitrogens with two attached hydrogens (primary N) is 1. The van der Waals surface area contributed by atoms with Gasteiger partial charge >= 0.3 is 5.97 Å². The lowest BCUT2D eigenvalue weighted by molar-refractivity contribution is -0.149. The molecule has 0 aliphatic heterocycles. The zero-order valence-electron chi connectivity index (χ0n) is 8.90. The first-order valence-corrected chi connectivity index (χ1v) is 5.97. The zero-order valence-corrected chi connectivity index (χ0v) is 9.72. The zero-order chi connectivity index (χ0) is 12.4. The van der Waals surface area contributed by atoms with E-state index in [0.717, 1.165) is 11.9 Å². The van der Waals surface area contributed by atoms with Crippen LogP contribution in [-0.4, -0.2) is 35.1 Å². The fraction of sp³-hybridized carbons (Fsp3) is 0.667. The summed E-state index contributed by atoms with van der Waals surface area (Å²) in [6, 6.07) is 0. The summed E-state index contributed by atoms with van der Waals surface area (Å²) < 4.78 is 0. The van der Waals surface area contributed by atoms with Crippen molar-refractivity contribution >= 4 is 29.6 Å². The van der Waals surface area contributed by atoms with Crippen molar-refractivity contribution in [2.24, 2.45) is 5.14 Å². The highest BCUT2D eigenvalue weighted by atomic mass is 32.2. The molecule has 7 heteroatoms. The molecule has 0 spiro atoms. The van der Waals surface area contributed by atoms with E-state index in [4.69, 9.17) is 10.2 Å². The van der Waals surface area contributed by atoms with Crippen LogP contribution in [0.1, 0.15) is 25.7 Å². The monoisotopic (exact) mass is 248 g/mol. The van der Waals surface area contributed by atoms with Crippen LogP contribution in [0.5, 0.6) is 0 Å². The fourth-order valence-electron chi connectivity index (χ4n) is 1.02. The van der Waals surface area contributed by atoms with Gasteiger partial charge in [0.1, 0.15) is 0 Å². The molecule has 0 radical (unpaired) electrons. The molecule has 0 bridgehead atoms. The Kier molecular flexibility index (Phi) is 8.55. The Morgan fingerprint density at radius 2 is 1.81 bits per heavy atom. The van der Waals surface area contributed by atoms with Crippen LogP contribution in [0.3, 0.4) is 0 Å². The standard InChI is InChI=1S/C9H16N2O4S/c10-16-6-5-11-8(13)4-2-1-3-7(12)9(14)15/h1-6,10H2,(H,11,13)(H,14,15). The molecular formula is C9H16N2O4S. The molecule has 0 aliphatic rings. The van der Waals surface area contributed by atoms with Crippen LogP contribution in [-0.2, 0) is 14.4 Å². The van der Waals surface area contributed by atoms with E-state index in [-0.39, 0.29) is 12.3 Å². The van der Waals surface area contributed by atoms with E-state index in [1.165, 1.54) is 0 Å². The maximum atomic E-state index is 11.1. The number of hydrogen-bond donors (Lipinski definition) is 3. The number of amides is 1. The second kappa shape index (κ2) is 9.17. The van der Waals surface area contributed by atoms with Crippen LogP contribution in [0.2, 0.25) is 0 Å². The van der Waals surface area contributed by atoms with Crippen LogP contribution in [0.15, 0.2) is 0 Å². The highest BCUT2D eigenvalue weighted by molar-refractivity contribution is 7.97. The summed E-state index contributed by atoms with van der Waals surface area (Å²) in [4.78, 5) is 32.0. The molecular weight excluding hydrogens is 232 g/mol. The topological polar surface area (TPSA) is 109 Å². The first kappa shape index (κ1) is 14.9. The number of Topliss-reactive ketones (excluding diaryl/α,β-unsaturated/α-hetero) is 1. The van der Waals surface area contributed by atoms with E-state index in [1.807, 2.05) is 0 Å². The minimum Gasteiger partial charge on any atom is -0.476 e.